The van der Waals surface area contributed by atoms with Crippen LogP contribution in [-0.2, 0) is 0 Å². The molecule has 0 saturated carbocycles. The fourth-order valence-corrected chi connectivity index (χ4v) is 1.73. The van der Waals surface area contributed by atoms with E-state index in [2.05, 4.69) is 0 Å². The highest BCUT2D eigenvalue weighted by Gasteiger charge is 2.27. The predicted octanol–water partition coefficient (Wildman–Crippen LogP) is 3.09. The Kier molecular flexibility index (Phi) is 5.77. The molecule has 3 N–H and O–H groups in total. The van der Waals surface area contributed by atoms with Gasteiger partial charge in [-0.25, -0.2) is 0 Å². The van der Waals surface area contributed by atoms with Gasteiger partial charge in [-0.05, 0) is 30.2 Å². The van der Waals surface area contributed by atoms with Gasteiger partial charge in [0.1, 0.15) is 0 Å². The summed E-state index contributed by atoms with van der Waals surface area (Å²) in [7, 11) is 0. The molecule has 0 amide bonds. The lowest BCUT2D eigenvalue weighted by Crippen LogP contribution is -2.32. The van der Waals surface area contributed by atoms with Crippen LogP contribution in [0.2, 0.25) is 5.02 Å². The second kappa shape index (κ2) is 5.87. The van der Waals surface area contributed by atoms with Gasteiger partial charge in [-0.1, -0.05) is 31.5 Å². The first kappa shape index (κ1) is 15.7. The standard InChI is InChI=1S/C12H18ClNO.ClH/c1-8-6-9(13)4-5-10(8)11(14)12(2,3)7-15;/h4-6,11,15H,7,14H2,1-3H3;1H/t11-;/m1./s1. The SMILES string of the molecule is Cc1cc(Cl)ccc1[C@@H](N)C(C)(C)CO.Cl. The van der Waals surface area contributed by atoms with Gasteiger partial charge >= 0.3 is 0 Å². The van der Waals surface area contributed by atoms with Crippen molar-refractivity contribution in [2.24, 2.45) is 11.1 Å². The molecule has 0 spiro atoms. The largest absolute Gasteiger partial charge is 0.396 e. The summed E-state index contributed by atoms with van der Waals surface area (Å²) in [6.07, 6.45) is 0. The zero-order chi connectivity index (χ0) is 11.6. The van der Waals surface area contributed by atoms with Gasteiger partial charge in [-0.3, -0.25) is 0 Å². The smallest absolute Gasteiger partial charge is 0.0500 e. The number of aryl methyl sites for hydroxylation is 1. The fraction of sp³-hybridized carbons (Fsp3) is 0.500. The summed E-state index contributed by atoms with van der Waals surface area (Å²) < 4.78 is 0. The molecule has 0 bridgehead atoms. The molecule has 1 aromatic carbocycles. The van der Waals surface area contributed by atoms with E-state index in [9.17, 15) is 5.11 Å². The summed E-state index contributed by atoms with van der Waals surface area (Å²) in [5, 5.41) is 9.98. The van der Waals surface area contributed by atoms with E-state index in [0.29, 0.717) is 5.02 Å². The lowest BCUT2D eigenvalue weighted by atomic mass is 9.80. The number of aliphatic hydroxyl groups is 1. The average Bonchev–Trinajstić information content (AvgIpc) is 2.17. The van der Waals surface area contributed by atoms with Crippen LogP contribution in [-0.4, -0.2) is 11.7 Å². The first-order chi connectivity index (χ1) is 6.88. The minimum Gasteiger partial charge on any atom is -0.396 e. The predicted molar refractivity (Wildman–Crippen MR) is 71.2 cm³/mol. The Labute approximate surface area is 108 Å². The zero-order valence-electron chi connectivity index (χ0n) is 9.83. The van der Waals surface area contributed by atoms with Crippen LogP contribution >= 0.6 is 24.0 Å². The van der Waals surface area contributed by atoms with Crippen LogP contribution in [0.1, 0.15) is 31.0 Å². The molecule has 1 aromatic rings. The Hall–Kier alpha value is -0.280. The zero-order valence-corrected chi connectivity index (χ0v) is 11.4. The monoisotopic (exact) mass is 263 g/mol. The van der Waals surface area contributed by atoms with E-state index >= 15 is 0 Å². The van der Waals surface area contributed by atoms with Gasteiger partial charge in [0, 0.05) is 23.1 Å². The Balaban J connectivity index is 0.00000225. The summed E-state index contributed by atoms with van der Waals surface area (Å²) in [5.41, 5.74) is 7.92. The Morgan fingerprint density at radius 1 is 1.44 bits per heavy atom. The van der Waals surface area contributed by atoms with Crippen LogP contribution < -0.4 is 5.73 Å². The summed E-state index contributed by atoms with van der Waals surface area (Å²) in [4.78, 5) is 0. The molecule has 0 aromatic heterocycles. The van der Waals surface area contributed by atoms with Gasteiger partial charge in [0.2, 0.25) is 0 Å². The molecule has 0 saturated heterocycles. The molecule has 1 atom stereocenters. The van der Waals surface area contributed by atoms with Crippen LogP contribution in [0.5, 0.6) is 0 Å². The van der Waals surface area contributed by atoms with E-state index in [4.69, 9.17) is 17.3 Å². The summed E-state index contributed by atoms with van der Waals surface area (Å²) in [6.45, 7) is 5.95. The molecule has 0 unspecified atom stereocenters. The second-order valence-corrected chi connectivity index (χ2v) is 5.06. The van der Waals surface area contributed by atoms with Gasteiger partial charge in [0.25, 0.3) is 0 Å². The molecular weight excluding hydrogens is 245 g/mol. The quantitative estimate of drug-likeness (QED) is 0.881. The molecule has 0 aliphatic carbocycles. The van der Waals surface area contributed by atoms with Crippen LogP contribution in [0.15, 0.2) is 18.2 Å². The Morgan fingerprint density at radius 2 is 2.00 bits per heavy atom. The van der Waals surface area contributed by atoms with E-state index < -0.39 is 0 Å². The van der Waals surface area contributed by atoms with Crippen LogP contribution in [0.3, 0.4) is 0 Å². The third-order valence-corrected chi connectivity index (χ3v) is 3.05. The van der Waals surface area contributed by atoms with E-state index in [0.717, 1.165) is 11.1 Å². The topological polar surface area (TPSA) is 46.2 Å². The highest BCUT2D eigenvalue weighted by molar-refractivity contribution is 6.30. The van der Waals surface area contributed by atoms with Crippen molar-refractivity contribution in [1.82, 2.24) is 0 Å². The minimum absolute atomic E-state index is 0. The molecule has 0 radical (unpaired) electrons. The summed E-state index contributed by atoms with van der Waals surface area (Å²) in [5.74, 6) is 0. The number of halogens is 2. The van der Waals surface area contributed by atoms with E-state index in [1.165, 1.54) is 0 Å². The van der Waals surface area contributed by atoms with Crippen LogP contribution in [0.25, 0.3) is 0 Å². The van der Waals surface area contributed by atoms with Crippen molar-refractivity contribution >= 4 is 24.0 Å². The minimum atomic E-state index is -0.321. The Bertz CT molecular complexity index is 353. The molecular formula is C12H19Cl2NO. The molecule has 1 rings (SSSR count). The molecule has 16 heavy (non-hydrogen) atoms. The Morgan fingerprint density at radius 3 is 2.44 bits per heavy atom. The molecule has 0 aliphatic heterocycles. The summed E-state index contributed by atoms with van der Waals surface area (Å²) >= 11 is 5.88. The fourth-order valence-electron chi connectivity index (χ4n) is 1.51. The molecule has 92 valence electrons. The lowest BCUT2D eigenvalue weighted by molar-refractivity contribution is 0.132. The van der Waals surface area contributed by atoms with Gasteiger partial charge in [-0.2, -0.15) is 0 Å². The number of benzene rings is 1. The van der Waals surface area contributed by atoms with Gasteiger partial charge in [-0.15, -0.1) is 12.4 Å². The van der Waals surface area contributed by atoms with Crippen molar-refractivity contribution in [2.45, 2.75) is 26.8 Å². The molecule has 0 fully saturated rings. The number of hydrogen-bond acceptors (Lipinski definition) is 2. The van der Waals surface area contributed by atoms with Crippen LogP contribution in [0.4, 0.5) is 0 Å². The molecule has 0 heterocycles. The van der Waals surface area contributed by atoms with Crippen molar-refractivity contribution in [3.8, 4) is 0 Å². The molecule has 4 heteroatoms. The lowest BCUT2D eigenvalue weighted by Gasteiger charge is -2.30. The number of nitrogens with two attached hydrogens (primary N) is 1. The van der Waals surface area contributed by atoms with Gasteiger partial charge in [0.05, 0.1) is 0 Å². The van der Waals surface area contributed by atoms with Crippen molar-refractivity contribution in [1.29, 1.82) is 0 Å². The molecule has 0 aliphatic rings. The normalized spacial score (nSPS) is 13.1. The first-order valence-corrected chi connectivity index (χ1v) is 5.39. The van der Waals surface area contributed by atoms with E-state index in [-0.39, 0.29) is 30.5 Å². The average molecular weight is 264 g/mol. The maximum absolute atomic E-state index is 9.27. The van der Waals surface area contributed by atoms with Crippen molar-refractivity contribution in [3.05, 3.63) is 34.3 Å². The number of hydrogen-bond donors (Lipinski definition) is 2. The first-order valence-electron chi connectivity index (χ1n) is 5.01. The van der Waals surface area contributed by atoms with Crippen LogP contribution in [0, 0.1) is 12.3 Å². The van der Waals surface area contributed by atoms with E-state index in [1.807, 2.05) is 39.0 Å². The van der Waals surface area contributed by atoms with Crippen molar-refractivity contribution in [3.63, 3.8) is 0 Å². The second-order valence-electron chi connectivity index (χ2n) is 4.63. The van der Waals surface area contributed by atoms with Gasteiger partial charge in [0.15, 0.2) is 0 Å². The highest BCUT2D eigenvalue weighted by Crippen LogP contribution is 2.33. The maximum Gasteiger partial charge on any atom is 0.0500 e. The third kappa shape index (κ3) is 3.36. The van der Waals surface area contributed by atoms with Gasteiger partial charge < -0.3 is 10.8 Å². The summed E-state index contributed by atoms with van der Waals surface area (Å²) in [6, 6.07) is 5.47. The molecule has 2 nitrogen and oxygen atoms in total. The van der Waals surface area contributed by atoms with E-state index in [1.54, 1.807) is 0 Å². The number of aliphatic hydroxyl groups excluding tert-OH is 1. The van der Waals surface area contributed by atoms with Crippen molar-refractivity contribution in [2.75, 3.05) is 6.61 Å². The number of rotatable bonds is 3. The third-order valence-electron chi connectivity index (χ3n) is 2.82. The van der Waals surface area contributed by atoms with Crippen molar-refractivity contribution < 1.29 is 5.11 Å². The highest BCUT2D eigenvalue weighted by atomic mass is 35.5. The maximum atomic E-state index is 9.27.